The zero-order valence-corrected chi connectivity index (χ0v) is 16.2. The van der Waals surface area contributed by atoms with E-state index in [-0.39, 0.29) is 6.61 Å². The topological polar surface area (TPSA) is 20.2 Å². The predicted octanol–water partition coefficient (Wildman–Crippen LogP) is 4.39. The zero-order valence-electron chi connectivity index (χ0n) is 11.3. The monoisotopic (exact) mass is 418 g/mol. The molecule has 0 fully saturated rings. The standard InChI is InChI=1S/C15H16BrOPS3/c16-18(9-4-8-17,13-5-1-10-19-13,14-6-2-11-20-14)15-7-3-12-21-15/h1-3,5-7,10-12,17H,4,8-9H2. The molecule has 3 rings (SSSR count). The van der Waals surface area contributed by atoms with Crippen LogP contribution in [0.15, 0.2) is 52.5 Å². The zero-order chi connectivity index (χ0) is 14.8. The summed E-state index contributed by atoms with van der Waals surface area (Å²) >= 11 is 9.76. The van der Waals surface area contributed by atoms with Gasteiger partial charge in [0.05, 0.1) is 0 Å². The van der Waals surface area contributed by atoms with Crippen LogP contribution in [0.2, 0.25) is 0 Å². The Kier molecular flexibility index (Phi) is 4.70. The van der Waals surface area contributed by atoms with Gasteiger partial charge in [-0.3, -0.25) is 0 Å². The molecule has 0 aliphatic rings. The Balaban J connectivity index is 2.31. The molecule has 0 amide bonds. The first kappa shape index (κ1) is 15.9. The molecule has 3 aromatic heterocycles. The molecule has 21 heavy (non-hydrogen) atoms. The van der Waals surface area contributed by atoms with Crippen LogP contribution >= 0.6 is 54.8 Å². The molecule has 112 valence electrons. The number of thiophene rings is 3. The molecule has 0 bridgehead atoms. The van der Waals surface area contributed by atoms with Gasteiger partial charge in [-0.15, -0.1) is 0 Å². The molecule has 3 aromatic rings. The van der Waals surface area contributed by atoms with E-state index in [9.17, 15) is 5.11 Å². The third-order valence-corrected chi connectivity index (χ3v) is 21.2. The fourth-order valence-corrected chi connectivity index (χ4v) is 17.6. The van der Waals surface area contributed by atoms with Crippen LogP contribution in [-0.2, 0) is 0 Å². The van der Waals surface area contributed by atoms with Crippen LogP contribution in [0.1, 0.15) is 6.42 Å². The van der Waals surface area contributed by atoms with Crippen LogP contribution in [0.5, 0.6) is 0 Å². The molecule has 0 aromatic carbocycles. The maximum atomic E-state index is 9.45. The van der Waals surface area contributed by atoms with Gasteiger partial charge < -0.3 is 0 Å². The Labute approximate surface area is 145 Å². The van der Waals surface area contributed by atoms with Gasteiger partial charge in [0.15, 0.2) is 0 Å². The Morgan fingerprint density at radius 2 is 1.29 bits per heavy atom. The number of hydrogen-bond acceptors (Lipinski definition) is 4. The molecule has 0 spiro atoms. The first-order valence-corrected chi connectivity index (χ1v) is 13.7. The molecule has 0 aliphatic heterocycles. The van der Waals surface area contributed by atoms with Crippen molar-refractivity contribution in [3.8, 4) is 0 Å². The summed E-state index contributed by atoms with van der Waals surface area (Å²) in [6, 6.07) is 13.1. The van der Waals surface area contributed by atoms with Gasteiger partial charge in [-0.05, 0) is 0 Å². The van der Waals surface area contributed by atoms with Crippen LogP contribution in [0.3, 0.4) is 0 Å². The van der Waals surface area contributed by atoms with E-state index in [1.807, 2.05) is 34.0 Å². The normalized spacial score (nSPS) is 13.9. The van der Waals surface area contributed by atoms with Crippen molar-refractivity contribution >= 4 is 68.7 Å². The second-order valence-corrected chi connectivity index (χ2v) is 17.5. The van der Waals surface area contributed by atoms with Crippen molar-refractivity contribution in [3.63, 3.8) is 0 Å². The predicted molar refractivity (Wildman–Crippen MR) is 104 cm³/mol. The number of aliphatic hydroxyl groups is 1. The summed E-state index contributed by atoms with van der Waals surface area (Å²) in [4.78, 5) is 0. The first-order valence-electron chi connectivity index (χ1n) is 6.66. The number of rotatable bonds is 6. The van der Waals surface area contributed by atoms with Gasteiger partial charge in [0, 0.05) is 0 Å². The summed E-state index contributed by atoms with van der Waals surface area (Å²) in [5, 5.41) is 13.3. The van der Waals surface area contributed by atoms with E-state index in [1.54, 1.807) is 0 Å². The molecule has 3 heterocycles. The van der Waals surface area contributed by atoms with E-state index < -0.39 is 5.31 Å². The molecule has 0 radical (unpaired) electrons. The van der Waals surface area contributed by atoms with Gasteiger partial charge >= 0.3 is 145 Å². The molecule has 0 saturated carbocycles. The molecular formula is C15H16BrOPS3. The fraction of sp³-hybridized carbons (Fsp3) is 0.200. The van der Waals surface area contributed by atoms with Gasteiger partial charge in [0.2, 0.25) is 0 Å². The Morgan fingerprint density at radius 1 is 0.857 bits per heavy atom. The average Bonchev–Trinajstić information content (AvgIpc) is 3.28. The molecule has 0 atom stereocenters. The fourth-order valence-electron chi connectivity index (χ4n) is 2.63. The molecule has 0 saturated heterocycles. The minimum absolute atomic E-state index is 0.228. The van der Waals surface area contributed by atoms with Crippen molar-refractivity contribution in [1.82, 2.24) is 0 Å². The van der Waals surface area contributed by atoms with Crippen molar-refractivity contribution in [2.24, 2.45) is 0 Å². The van der Waals surface area contributed by atoms with Gasteiger partial charge in [-0.1, -0.05) is 0 Å². The number of hydrogen-bond donors (Lipinski definition) is 1. The van der Waals surface area contributed by atoms with E-state index in [1.165, 1.54) is 13.9 Å². The van der Waals surface area contributed by atoms with E-state index >= 15 is 0 Å². The molecule has 0 aliphatic carbocycles. The van der Waals surface area contributed by atoms with Gasteiger partial charge in [0.1, 0.15) is 0 Å². The van der Waals surface area contributed by atoms with E-state index in [2.05, 4.69) is 68.0 Å². The molecule has 0 unspecified atom stereocenters. The Morgan fingerprint density at radius 3 is 1.57 bits per heavy atom. The summed E-state index contributed by atoms with van der Waals surface area (Å²) in [5.74, 6) is 0. The molecule has 6 heteroatoms. The van der Waals surface area contributed by atoms with Crippen molar-refractivity contribution in [3.05, 3.63) is 52.5 Å². The Hall–Kier alpha value is -0.0300. The average molecular weight is 419 g/mol. The maximum absolute atomic E-state index is 9.45. The van der Waals surface area contributed by atoms with Crippen molar-refractivity contribution < 1.29 is 5.11 Å². The summed E-state index contributed by atoms with van der Waals surface area (Å²) in [6.45, 7) is 0.228. The SMILES string of the molecule is OCCCP(Br)(c1cccs1)(c1cccs1)c1cccs1. The summed E-state index contributed by atoms with van der Waals surface area (Å²) in [6.07, 6.45) is 1.76. The third kappa shape index (κ3) is 2.48. The first-order chi connectivity index (χ1) is 10.2. The summed E-state index contributed by atoms with van der Waals surface area (Å²) in [5.41, 5.74) is 0. The number of halogens is 1. The van der Waals surface area contributed by atoms with Crippen molar-refractivity contribution in [2.75, 3.05) is 12.8 Å². The van der Waals surface area contributed by atoms with Gasteiger partial charge in [-0.25, -0.2) is 0 Å². The van der Waals surface area contributed by atoms with Crippen LogP contribution in [0.4, 0.5) is 0 Å². The van der Waals surface area contributed by atoms with E-state index in [0.29, 0.717) is 0 Å². The summed E-state index contributed by atoms with van der Waals surface area (Å²) < 4.78 is 4.21. The molecular weight excluding hydrogens is 403 g/mol. The number of aliphatic hydroxyl groups excluding tert-OH is 1. The second-order valence-electron chi connectivity index (χ2n) is 4.84. The Bertz CT molecular complexity index is 590. The van der Waals surface area contributed by atoms with Crippen molar-refractivity contribution in [1.29, 1.82) is 0 Å². The summed E-state index contributed by atoms with van der Waals surface area (Å²) in [7, 11) is 0. The molecule has 1 N–H and O–H groups in total. The van der Waals surface area contributed by atoms with Crippen LogP contribution in [0, 0.1) is 0 Å². The molecule has 1 nitrogen and oxygen atoms in total. The van der Waals surface area contributed by atoms with Crippen molar-refractivity contribution in [2.45, 2.75) is 6.42 Å². The van der Waals surface area contributed by atoms with Crippen LogP contribution < -0.4 is 13.9 Å². The minimum atomic E-state index is -2.58. The van der Waals surface area contributed by atoms with Crippen LogP contribution in [-0.4, -0.2) is 17.9 Å². The second kappa shape index (κ2) is 6.23. The quantitative estimate of drug-likeness (QED) is 0.588. The van der Waals surface area contributed by atoms with Crippen LogP contribution in [0.25, 0.3) is 0 Å². The van der Waals surface area contributed by atoms with Gasteiger partial charge in [-0.2, -0.15) is 0 Å². The third-order valence-electron chi connectivity index (χ3n) is 3.63. The van der Waals surface area contributed by atoms with E-state index in [4.69, 9.17) is 0 Å². The van der Waals surface area contributed by atoms with Gasteiger partial charge in [0.25, 0.3) is 0 Å². The van der Waals surface area contributed by atoms with E-state index in [0.717, 1.165) is 12.6 Å².